The zero-order valence-corrected chi connectivity index (χ0v) is 16.9. The number of aryl methyl sites for hydroxylation is 1. The number of hydrogen-bond donors (Lipinski definition) is 2. The first-order valence-corrected chi connectivity index (χ1v) is 9.83. The van der Waals surface area contributed by atoms with Crippen molar-refractivity contribution in [3.05, 3.63) is 69.4 Å². The molecule has 0 radical (unpaired) electrons. The van der Waals surface area contributed by atoms with E-state index in [0.717, 1.165) is 11.1 Å². The van der Waals surface area contributed by atoms with Crippen molar-refractivity contribution in [2.75, 3.05) is 23.3 Å². The third-order valence-corrected chi connectivity index (χ3v) is 5.41. The number of para-hydroxylation sites is 1. The van der Waals surface area contributed by atoms with Gasteiger partial charge in [-0.25, -0.2) is 4.79 Å². The standard InChI is InChI=1S/C22H21ClN2O4/c1-12-7-16(13(2)24-18-6-4-3-5-15(18)22(27)28)21-17(8-12)19(26)9-20(29-21)25-10-14(23)11-25/h3-9,13-14,24H,10-11H2,1-2H3,(H,27,28). The Morgan fingerprint density at radius 3 is 2.69 bits per heavy atom. The van der Waals surface area contributed by atoms with Crippen LogP contribution in [0.15, 0.2) is 51.7 Å². The fraction of sp³-hybridized carbons (Fsp3) is 0.273. The van der Waals surface area contributed by atoms with Gasteiger partial charge in [0.25, 0.3) is 0 Å². The molecule has 0 saturated carbocycles. The number of aromatic carboxylic acids is 1. The molecular weight excluding hydrogens is 392 g/mol. The van der Waals surface area contributed by atoms with Crippen molar-refractivity contribution in [3.63, 3.8) is 0 Å². The van der Waals surface area contributed by atoms with Crippen LogP contribution in [0, 0.1) is 6.92 Å². The van der Waals surface area contributed by atoms with Gasteiger partial charge in [-0.2, -0.15) is 0 Å². The van der Waals surface area contributed by atoms with Crippen LogP contribution in [0.25, 0.3) is 11.0 Å². The van der Waals surface area contributed by atoms with E-state index in [2.05, 4.69) is 5.32 Å². The number of nitrogens with one attached hydrogen (secondary N) is 1. The highest BCUT2D eigenvalue weighted by Gasteiger charge is 2.27. The number of carboxylic acids is 1. The topological polar surface area (TPSA) is 82.8 Å². The van der Waals surface area contributed by atoms with E-state index < -0.39 is 5.97 Å². The Morgan fingerprint density at radius 2 is 2.00 bits per heavy atom. The molecule has 3 aromatic rings. The van der Waals surface area contributed by atoms with Gasteiger partial charge in [0, 0.05) is 30.4 Å². The Labute approximate surface area is 172 Å². The first-order chi connectivity index (χ1) is 13.8. The number of nitrogens with zero attached hydrogens (tertiary/aromatic N) is 1. The lowest BCUT2D eigenvalue weighted by molar-refractivity contribution is 0.0698. The Morgan fingerprint density at radius 1 is 1.28 bits per heavy atom. The van der Waals surface area contributed by atoms with Crippen molar-refractivity contribution >= 4 is 40.1 Å². The zero-order valence-electron chi connectivity index (χ0n) is 16.1. The number of carbonyl (C=O) groups is 1. The van der Waals surface area contributed by atoms with Crippen LogP contribution in [-0.4, -0.2) is 29.5 Å². The van der Waals surface area contributed by atoms with Crippen LogP contribution >= 0.6 is 11.6 Å². The largest absolute Gasteiger partial charge is 0.478 e. The summed E-state index contributed by atoms with van der Waals surface area (Å²) in [4.78, 5) is 26.2. The van der Waals surface area contributed by atoms with Crippen molar-refractivity contribution in [1.29, 1.82) is 0 Å². The average Bonchev–Trinajstić information content (AvgIpc) is 2.65. The van der Waals surface area contributed by atoms with E-state index in [9.17, 15) is 14.7 Å². The summed E-state index contributed by atoms with van der Waals surface area (Å²) in [5.41, 5.74) is 2.81. The second-order valence-electron chi connectivity index (χ2n) is 7.40. The molecule has 7 heteroatoms. The molecule has 2 aromatic carbocycles. The second kappa shape index (κ2) is 7.44. The predicted molar refractivity (Wildman–Crippen MR) is 115 cm³/mol. The molecule has 1 fully saturated rings. The van der Waals surface area contributed by atoms with E-state index in [1.54, 1.807) is 24.3 Å². The van der Waals surface area contributed by atoms with Crippen molar-refractivity contribution in [2.45, 2.75) is 25.3 Å². The van der Waals surface area contributed by atoms with Crippen LogP contribution in [0.1, 0.15) is 34.5 Å². The van der Waals surface area contributed by atoms with Gasteiger partial charge in [-0.1, -0.05) is 18.2 Å². The highest BCUT2D eigenvalue weighted by atomic mass is 35.5. The lowest BCUT2D eigenvalue weighted by atomic mass is 10.0. The molecular formula is C22H21ClN2O4. The van der Waals surface area contributed by atoms with Gasteiger partial charge in [0.15, 0.2) is 11.3 Å². The molecule has 1 aromatic heterocycles. The lowest BCUT2D eigenvalue weighted by Crippen LogP contribution is -2.48. The Balaban J connectivity index is 1.78. The lowest BCUT2D eigenvalue weighted by Gasteiger charge is -2.36. The maximum Gasteiger partial charge on any atom is 0.337 e. The molecule has 6 nitrogen and oxygen atoms in total. The van der Waals surface area contributed by atoms with Gasteiger partial charge < -0.3 is 19.7 Å². The molecule has 150 valence electrons. The van der Waals surface area contributed by atoms with E-state index in [1.807, 2.05) is 30.9 Å². The number of rotatable bonds is 5. The number of halogens is 1. The minimum atomic E-state index is -1.00. The molecule has 29 heavy (non-hydrogen) atoms. The van der Waals surface area contributed by atoms with Crippen molar-refractivity contribution in [3.8, 4) is 0 Å². The molecule has 1 unspecified atom stereocenters. The molecule has 0 spiro atoms. The van der Waals surface area contributed by atoms with E-state index in [1.165, 1.54) is 6.07 Å². The summed E-state index contributed by atoms with van der Waals surface area (Å²) in [7, 11) is 0. The molecule has 0 aliphatic carbocycles. The van der Waals surface area contributed by atoms with Crippen molar-refractivity contribution in [1.82, 2.24) is 0 Å². The summed E-state index contributed by atoms with van der Waals surface area (Å²) in [5.74, 6) is -0.501. The highest BCUT2D eigenvalue weighted by molar-refractivity contribution is 6.22. The van der Waals surface area contributed by atoms with Crippen LogP contribution < -0.4 is 15.6 Å². The molecule has 0 amide bonds. The first-order valence-electron chi connectivity index (χ1n) is 9.39. The van der Waals surface area contributed by atoms with Crippen LogP contribution in [0.4, 0.5) is 11.6 Å². The smallest absolute Gasteiger partial charge is 0.337 e. The molecule has 1 aliphatic heterocycles. The van der Waals surface area contributed by atoms with Crippen LogP contribution in [0.3, 0.4) is 0 Å². The van der Waals surface area contributed by atoms with Gasteiger partial charge >= 0.3 is 5.97 Å². The van der Waals surface area contributed by atoms with Gasteiger partial charge in [-0.15, -0.1) is 11.6 Å². The molecule has 1 atom stereocenters. The van der Waals surface area contributed by atoms with E-state index in [0.29, 0.717) is 35.6 Å². The van der Waals surface area contributed by atoms with E-state index in [-0.39, 0.29) is 22.4 Å². The summed E-state index contributed by atoms with van der Waals surface area (Å²) in [6, 6.07) is 11.7. The maximum absolute atomic E-state index is 12.7. The molecule has 2 N–H and O–H groups in total. The maximum atomic E-state index is 12.7. The van der Waals surface area contributed by atoms with Crippen LogP contribution in [0.2, 0.25) is 0 Å². The fourth-order valence-electron chi connectivity index (χ4n) is 3.61. The Hall–Kier alpha value is -2.99. The average molecular weight is 413 g/mol. The number of anilines is 2. The number of hydrogen-bond acceptors (Lipinski definition) is 5. The van der Waals surface area contributed by atoms with Gasteiger partial charge in [0.2, 0.25) is 0 Å². The van der Waals surface area contributed by atoms with Crippen LogP contribution in [0.5, 0.6) is 0 Å². The second-order valence-corrected chi connectivity index (χ2v) is 8.02. The zero-order chi connectivity index (χ0) is 20.7. The Kier molecular flexibility index (Phi) is 4.96. The molecule has 1 aliphatic rings. The Bertz CT molecular complexity index is 1150. The quantitative estimate of drug-likeness (QED) is 0.604. The molecule has 2 heterocycles. The molecule has 1 saturated heterocycles. The first kappa shape index (κ1) is 19.3. The van der Waals surface area contributed by atoms with Crippen molar-refractivity contribution < 1.29 is 14.3 Å². The van der Waals surface area contributed by atoms with Gasteiger partial charge in [0.1, 0.15) is 5.58 Å². The number of alkyl halides is 1. The van der Waals surface area contributed by atoms with Gasteiger partial charge in [-0.3, -0.25) is 4.79 Å². The van der Waals surface area contributed by atoms with E-state index >= 15 is 0 Å². The monoisotopic (exact) mass is 412 g/mol. The van der Waals surface area contributed by atoms with Crippen molar-refractivity contribution in [2.24, 2.45) is 0 Å². The predicted octanol–water partition coefficient (Wildman–Crippen LogP) is 4.40. The van der Waals surface area contributed by atoms with Gasteiger partial charge in [-0.05, 0) is 37.6 Å². The highest BCUT2D eigenvalue weighted by Crippen LogP contribution is 2.32. The SMILES string of the molecule is Cc1cc(C(C)Nc2ccccc2C(=O)O)c2oc(N3CC(Cl)C3)cc(=O)c2c1. The normalized spacial score (nSPS) is 15.2. The summed E-state index contributed by atoms with van der Waals surface area (Å²) in [6.07, 6.45) is 0. The van der Waals surface area contributed by atoms with E-state index in [4.69, 9.17) is 16.0 Å². The molecule has 0 bridgehead atoms. The number of benzene rings is 2. The third-order valence-electron chi connectivity index (χ3n) is 5.13. The fourth-order valence-corrected chi connectivity index (χ4v) is 3.94. The minimum absolute atomic E-state index is 0.0570. The third kappa shape index (κ3) is 3.68. The van der Waals surface area contributed by atoms with Crippen LogP contribution in [-0.2, 0) is 0 Å². The van der Waals surface area contributed by atoms with Gasteiger partial charge in [0.05, 0.1) is 22.4 Å². The molecule has 4 rings (SSSR count). The summed E-state index contributed by atoms with van der Waals surface area (Å²) in [6.45, 7) is 5.10. The summed E-state index contributed by atoms with van der Waals surface area (Å²) in [5, 5.41) is 13.3. The summed E-state index contributed by atoms with van der Waals surface area (Å²) >= 11 is 6.07. The minimum Gasteiger partial charge on any atom is -0.478 e. The number of fused-ring (bicyclic) bond motifs is 1. The number of carboxylic acid groups (broad SMARTS) is 1. The summed E-state index contributed by atoms with van der Waals surface area (Å²) < 4.78 is 6.13.